The van der Waals surface area contributed by atoms with E-state index in [-0.39, 0.29) is 18.0 Å². The first-order valence-electron chi connectivity index (χ1n) is 9.67. The van der Waals surface area contributed by atoms with Gasteiger partial charge in [-0.05, 0) is 36.9 Å². The SMILES string of the molecule is COc1c(N2CCC3(CC(F)(F)C3)C2C(=O)Nc2ccnc(SC)c2)ccc(F)c1F. The number of aromatic nitrogens is 1. The third kappa shape index (κ3) is 3.81. The van der Waals surface area contributed by atoms with Gasteiger partial charge in [0, 0.05) is 36.7 Å². The minimum Gasteiger partial charge on any atom is -0.491 e. The van der Waals surface area contributed by atoms with Gasteiger partial charge in [0.15, 0.2) is 11.6 Å². The Bertz CT molecular complexity index is 1010. The minimum atomic E-state index is -2.85. The Balaban J connectivity index is 1.71. The van der Waals surface area contributed by atoms with Gasteiger partial charge in [0.2, 0.25) is 17.6 Å². The van der Waals surface area contributed by atoms with Gasteiger partial charge in [-0.1, -0.05) is 0 Å². The number of pyridine rings is 1. The zero-order valence-electron chi connectivity index (χ0n) is 16.9. The van der Waals surface area contributed by atoms with E-state index < -0.39 is 47.8 Å². The second-order valence-electron chi connectivity index (χ2n) is 7.91. The van der Waals surface area contributed by atoms with Crippen LogP contribution >= 0.6 is 11.8 Å². The first kappa shape index (κ1) is 21.7. The number of amides is 1. The molecule has 166 valence electrons. The van der Waals surface area contributed by atoms with Crippen molar-refractivity contribution in [2.45, 2.75) is 36.3 Å². The monoisotopic (exact) mass is 455 g/mol. The summed E-state index contributed by atoms with van der Waals surface area (Å²) < 4.78 is 60.9. The Hall–Kier alpha value is -2.49. The lowest BCUT2D eigenvalue weighted by atomic mass is 9.61. The average Bonchev–Trinajstić information content (AvgIpc) is 3.08. The molecule has 1 amide bonds. The molecular weight excluding hydrogens is 434 g/mol. The van der Waals surface area contributed by atoms with Gasteiger partial charge in [-0.25, -0.2) is 18.2 Å². The van der Waals surface area contributed by atoms with Crippen LogP contribution in [0.3, 0.4) is 0 Å². The number of nitrogens with one attached hydrogen (secondary N) is 1. The van der Waals surface area contributed by atoms with Crippen LogP contribution in [0.4, 0.5) is 28.9 Å². The maximum atomic E-state index is 14.3. The number of ether oxygens (including phenoxy) is 1. The molecule has 1 aliphatic heterocycles. The summed E-state index contributed by atoms with van der Waals surface area (Å²) in [6.07, 6.45) is 2.84. The van der Waals surface area contributed by atoms with E-state index in [1.54, 1.807) is 23.2 Å². The zero-order chi connectivity index (χ0) is 22.4. The van der Waals surface area contributed by atoms with E-state index in [9.17, 15) is 22.4 Å². The van der Waals surface area contributed by atoms with Crippen LogP contribution in [-0.2, 0) is 4.79 Å². The van der Waals surface area contributed by atoms with Crippen molar-refractivity contribution < 1.29 is 27.1 Å². The molecule has 0 radical (unpaired) electrons. The van der Waals surface area contributed by atoms with E-state index in [1.807, 2.05) is 6.26 Å². The van der Waals surface area contributed by atoms with Gasteiger partial charge in [-0.15, -0.1) is 11.8 Å². The molecule has 2 aliphatic rings. The number of carbonyl (C=O) groups is 1. The summed E-state index contributed by atoms with van der Waals surface area (Å²) in [5.74, 6) is -5.97. The van der Waals surface area contributed by atoms with Crippen molar-refractivity contribution in [2.75, 3.05) is 30.1 Å². The molecule has 1 aromatic heterocycles. The molecule has 1 spiro atoms. The highest BCUT2D eigenvalue weighted by molar-refractivity contribution is 7.98. The zero-order valence-corrected chi connectivity index (χ0v) is 17.7. The number of halogens is 4. The summed E-state index contributed by atoms with van der Waals surface area (Å²) in [7, 11) is 1.20. The number of rotatable bonds is 5. The Kier molecular flexibility index (Phi) is 5.53. The molecule has 4 rings (SSSR count). The fourth-order valence-electron chi connectivity index (χ4n) is 4.72. The van der Waals surface area contributed by atoms with Gasteiger partial charge in [-0.3, -0.25) is 4.79 Å². The first-order chi connectivity index (χ1) is 14.7. The molecule has 1 saturated heterocycles. The number of alkyl halides is 2. The molecule has 31 heavy (non-hydrogen) atoms. The van der Waals surface area contributed by atoms with Crippen LogP contribution in [-0.4, -0.2) is 42.8 Å². The second kappa shape index (κ2) is 7.89. The Morgan fingerprint density at radius 2 is 2.03 bits per heavy atom. The lowest BCUT2D eigenvalue weighted by Gasteiger charge is -2.48. The number of hydrogen-bond donors (Lipinski definition) is 1. The maximum Gasteiger partial charge on any atom is 0.249 e. The van der Waals surface area contributed by atoms with E-state index in [2.05, 4.69) is 10.3 Å². The number of benzene rings is 1. The normalized spacial score (nSPS) is 21.1. The highest BCUT2D eigenvalue weighted by Crippen LogP contribution is 2.60. The minimum absolute atomic E-state index is 0.160. The van der Waals surface area contributed by atoms with Gasteiger partial charge in [0.25, 0.3) is 0 Å². The van der Waals surface area contributed by atoms with Crippen LogP contribution in [0.25, 0.3) is 0 Å². The van der Waals surface area contributed by atoms with Crippen molar-refractivity contribution >= 4 is 29.0 Å². The Morgan fingerprint density at radius 1 is 1.29 bits per heavy atom. The smallest absolute Gasteiger partial charge is 0.249 e. The molecule has 1 atom stereocenters. The molecule has 1 aromatic carbocycles. The number of hydrogen-bond acceptors (Lipinski definition) is 5. The van der Waals surface area contributed by atoms with Crippen molar-refractivity contribution in [1.82, 2.24) is 4.98 Å². The van der Waals surface area contributed by atoms with Gasteiger partial charge in [0.1, 0.15) is 6.04 Å². The third-order valence-corrected chi connectivity index (χ3v) is 6.61. The lowest BCUT2D eigenvalue weighted by molar-refractivity contribution is -0.166. The number of methoxy groups -OCH3 is 1. The Morgan fingerprint density at radius 3 is 2.68 bits per heavy atom. The van der Waals surface area contributed by atoms with Crippen LogP contribution < -0.4 is 15.0 Å². The van der Waals surface area contributed by atoms with E-state index in [1.165, 1.54) is 24.9 Å². The van der Waals surface area contributed by atoms with Gasteiger partial charge in [-0.2, -0.15) is 4.39 Å². The van der Waals surface area contributed by atoms with Crippen molar-refractivity contribution in [3.05, 3.63) is 42.1 Å². The first-order valence-corrected chi connectivity index (χ1v) is 10.9. The average molecular weight is 455 g/mol. The molecular formula is C21H21F4N3O2S. The molecule has 0 bridgehead atoms. The summed E-state index contributed by atoms with van der Waals surface area (Å²) in [5.41, 5.74) is -0.318. The fraction of sp³-hybridized carbons (Fsp3) is 0.429. The molecule has 1 N–H and O–H groups in total. The topological polar surface area (TPSA) is 54.5 Å². The summed E-state index contributed by atoms with van der Waals surface area (Å²) in [6, 6.07) is 4.55. The summed E-state index contributed by atoms with van der Waals surface area (Å²) in [6.45, 7) is 0.238. The number of carbonyl (C=O) groups excluding carboxylic acids is 1. The standard InChI is InChI=1S/C21H21F4N3O2S/c1-30-17-14(4-3-13(22)16(17)23)28-8-6-20(10-21(24,25)11-20)18(28)19(29)27-12-5-7-26-15(9-12)31-2/h3-5,7,9,18H,6,8,10-11H2,1-2H3,(H,26,27,29). The number of thioether (sulfide) groups is 1. The van der Waals surface area contributed by atoms with Crippen LogP contribution in [0.2, 0.25) is 0 Å². The summed E-state index contributed by atoms with van der Waals surface area (Å²) >= 11 is 1.40. The van der Waals surface area contributed by atoms with E-state index in [4.69, 9.17) is 4.74 Å². The molecule has 5 nitrogen and oxygen atoms in total. The molecule has 1 aliphatic carbocycles. The van der Waals surface area contributed by atoms with Gasteiger partial charge < -0.3 is 15.0 Å². The van der Waals surface area contributed by atoms with Crippen LogP contribution in [0.1, 0.15) is 19.3 Å². The largest absolute Gasteiger partial charge is 0.491 e. The highest BCUT2D eigenvalue weighted by atomic mass is 32.2. The van der Waals surface area contributed by atoms with E-state index >= 15 is 0 Å². The van der Waals surface area contributed by atoms with Crippen LogP contribution in [0, 0.1) is 17.0 Å². The van der Waals surface area contributed by atoms with Crippen molar-refractivity contribution in [1.29, 1.82) is 0 Å². The van der Waals surface area contributed by atoms with E-state index in [0.29, 0.717) is 17.1 Å². The van der Waals surface area contributed by atoms with Crippen LogP contribution in [0.5, 0.6) is 5.75 Å². The van der Waals surface area contributed by atoms with Gasteiger partial charge in [0.05, 0.1) is 17.8 Å². The van der Waals surface area contributed by atoms with Crippen LogP contribution in [0.15, 0.2) is 35.5 Å². The number of nitrogens with zero attached hydrogens (tertiary/aromatic N) is 2. The lowest BCUT2D eigenvalue weighted by Crippen LogP contribution is -2.57. The summed E-state index contributed by atoms with van der Waals surface area (Å²) in [5, 5.41) is 3.47. The molecule has 1 unspecified atom stereocenters. The quantitative estimate of drug-likeness (QED) is 0.522. The molecule has 10 heteroatoms. The highest BCUT2D eigenvalue weighted by Gasteiger charge is 2.65. The number of anilines is 2. The van der Waals surface area contributed by atoms with Crippen molar-refractivity contribution in [3.8, 4) is 5.75 Å². The molecule has 2 aromatic rings. The van der Waals surface area contributed by atoms with E-state index in [0.717, 1.165) is 6.07 Å². The summed E-state index contributed by atoms with van der Waals surface area (Å²) in [4.78, 5) is 19.0. The van der Waals surface area contributed by atoms with Crippen molar-refractivity contribution in [3.63, 3.8) is 0 Å². The third-order valence-electron chi connectivity index (χ3n) is 5.97. The fourth-order valence-corrected chi connectivity index (χ4v) is 5.13. The predicted octanol–water partition coefficient (Wildman–Crippen LogP) is 4.72. The van der Waals surface area contributed by atoms with Crippen molar-refractivity contribution in [2.24, 2.45) is 5.41 Å². The predicted molar refractivity (Wildman–Crippen MR) is 110 cm³/mol. The molecule has 2 fully saturated rings. The Labute approximate surface area is 181 Å². The molecule has 2 heterocycles. The molecule has 1 saturated carbocycles. The van der Waals surface area contributed by atoms with Gasteiger partial charge >= 0.3 is 0 Å². The maximum absolute atomic E-state index is 14.3. The second-order valence-corrected chi connectivity index (χ2v) is 8.73.